The molecule has 168 valence electrons. The predicted molar refractivity (Wildman–Crippen MR) is 135 cm³/mol. The van der Waals surface area contributed by atoms with Crippen molar-refractivity contribution in [3.63, 3.8) is 0 Å². The molecule has 0 bridgehead atoms. The molecule has 2 aromatic carbocycles. The SMILES string of the molecule is CC(=O)N(c1nc(C=C(CCC(=O)O)c2nc3ccccc3s2)cs1)c1cccc(C)c1C. The number of carboxylic acid groups (broad SMARTS) is 1. The van der Waals surface area contributed by atoms with Crippen molar-refractivity contribution in [1.29, 1.82) is 0 Å². The predicted octanol–water partition coefficient (Wildman–Crippen LogP) is 6.46. The number of hydrogen-bond donors (Lipinski definition) is 1. The number of thiazole rings is 2. The maximum atomic E-state index is 12.5. The molecule has 0 unspecified atom stereocenters. The van der Waals surface area contributed by atoms with Gasteiger partial charge in [0.05, 0.1) is 21.6 Å². The number of carboxylic acids is 1. The molecule has 0 spiro atoms. The van der Waals surface area contributed by atoms with Gasteiger partial charge in [-0.25, -0.2) is 9.97 Å². The number of rotatable bonds is 7. The van der Waals surface area contributed by atoms with Gasteiger partial charge in [0.25, 0.3) is 0 Å². The van der Waals surface area contributed by atoms with Crippen LogP contribution in [-0.4, -0.2) is 27.0 Å². The maximum Gasteiger partial charge on any atom is 0.303 e. The fourth-order valence-corrected chi connectivity index (χ4v) is 5.35. The Morgan fingerprint density at radius 3 is 2.58 bits per heavy atom. The van der Waals surface area contributed by atoms with E-state index in [2.05, 4.69) is 0 Å². The van der Waals surface area contributed by atoms with Gasteiger partial charge in [-0.3, -0.25) is 14.5 Å². The van der Waals surface area contributed by atoms with E-state index in [1.807, 2.05) is 67.8 Å². The number of nitrogens with zero attached hydrogens (tertiary/aromatic N) is 3. The van der Waals surface area contributed by atoms with E-state index < -0.39 is 5.97 Å². The van der Waals surface area contributed by atoms with Crippen molar-refractivity contribution in [2.75, 3.05) is 4.90 Å². The second-order valence-electron chi connectivity index (χ2n) is 7.68. The van der Waals surface area contributed by atoms with Crippen LogP contribution < -0.4 is 4.90 Å². The topological polar surface area (TPSA) is 83.4 Å². The van der Waals surface area contributed by atoms with Crippen LogP contribution in [0.25, 0.3) is 21.9 Å². The number of hydrogen-bond acceptors (Lipinski definition) is 6. The van der Waals surface area contributed by atoms with Gasteiger partial charge in [-0.2, -0.15) is 0 Å². The van der Waals surface area contributed by atoms with Crippen LogP contribution in [0.1, 0.15) is 41.6 Å². The van der Waals surface area contributed by atoms with Gasteiger partial charge in [-0.15, -0.1) is 22.7 Å². The van der Waals surface area contributed by atoms with Gasteiger partial charge in [0, 0.05) is 18.7 Å². The molecule has 4 aromatic rings. The summed E-state index contributed by atoms with van der Waals surface area (Å²) >= 11 is 2.91. The van der Waals surface area contributed by atoms with Crippen LogP contribution in [0.2, 0.25) is 0 Å². The van der Waals surface area contributed by atoms with Crippen molar-refractivity contribution >= 4 is 67.2 Å². The Morgan fingerprint density at radius 1 is 1.06 bits per heavy atom. The van der Waals surface area contributed by atoms with Crippen LogP contribution in [0.4, 0.5) is 10.8 Å². The molecule has 33 heavy (non-hydrogen) atoms. The van der Waals surface area contributed by atoms with Crippen LogP contribution in [0.3, 0.4) is 0 Å². The van der Waals surface area contributed by atoms with E-state index in [9.17, 15) is 14.7 Å². The highest BCUT2D eigenvalue weighted by Crippen LogP contribution is 2.35. The number of aromatic nitrogens is 2. The lowest BCUT2D eigenvalue weighted by atomic mass is 10.1. The van der Waals surface area contributed by atoms with Gasteiger partial charge in [0.2, 0.25) is 5.91 Å². The quantitative estimate of drug-likeness (QED) is 0.330. The third kappa shape index (κ3) is 5.02. The van der Waals surface area contributed by atoms with E-state index in [0.717, 1.165) is 37.6 Å². The Morgan fingerprint density at radius 2 is 1.85 bits per heavy atom. The van der Waals surface area contributed by atoms with Gasteiger partial charge in [-0.1, -0.05) is 24.3 Å². The number of carbonyl (C=O) groups is 2. The van der Waals surface area contributed by atoms with Gasteiger partial charge in [-0.05, 0) is 61.2 Å². The van der Waals surface area contributed by atoms with Crippen molar-refractivity contribution in [2.24, 2.45) is 0 Å². The van der Waals surface area contributed by atoms with E-state index in [4.69, 9.17) is 9.97 Å². The molecule has 2 heterocycles. The molecule has 0 aliphatic rings. The third-order valence-corrected chi connectivity index (χ3v) is 7.29. The highest BCUT2D eigenvalue weighted by Gasteiger charge is 2.20. The van der Waals surface area contributed by atoms with Crippen LogP contribution in [0.15, 0.2) is 47.8 Å². The number of aliphatic carboxylic acids is 1. The lowest BCUT2D eigenvalue weighted by Gasteiger charge is -2.21. The van der Waals surface area contributed by atoms with E-state index in [1.54, 1.807) is 4.90 Å². The van der Waals surface area contributed by atoms with Crippen molar-refractivity contribution in [2.45, 2.75) is 33.6 Å². The van der Waals surface area contributed by atoms with Crippen molar-refractivity contribution < 1.29 is 14.7 Å². The molecule has 0 saturated carbocycles. The number of carbonyl (C=O) groups excluding carboxylic acids is 1. The van der Waals surface area contributed by atoms with Gasteiger partial charge >= 0.3 is 5.97 Å². The first-order chi connectivity index (χ1) is 15.8. The average molecular weight is 478 g/mol. The first-order valence-electron chi connectivity index (χ1n) is 10.4. The minimum atomic E-state index is -0.862. The van der Waals surface area contributed by atoms with Crippen LogP contribution in [0, 0.1) is 13.8 Å². The summed E-state index contributed by atoms with van der Waals surface area (Å²) in [6.45, 7) is 5.53. The standard InChI is InChI=1S/C25H23N3O3S2/c1-15-7-6-9-21(16(15)2)28(17(3)29)25-26-19(14-32-25)13-18(11-12-23(30)31)24-27-20-8-4-5-10-22(20)33-24/h4-10,13-14H,11-12H2,1-3H3,(H,30,31). The molecule has 6 nitrogen and oxygen atoms in total. The van der Waals surface area contributed by atoms with Crippen molar-refractivity contribution in [3.05, 3.63) is 69.7 Å². The second-order valence-corrected chi connectivity index (χ2v) is 9.55. The summed E-state index contributed by atoms with van der Waals surface area (Å²) in [4.78, 5) is 34.8. The largest absolute Gasteiger partial charge is 0.481 e. The molecule has 0 radical (unpaired) electrons. The highest BCUT2D eigenvalue weighted by atomic mass is 32.1. The number of amides is 1. The Labute approximate surface area is 199 Å². The summed E-state index contributed by atoms with van der Waals surface area (Å²) < 4.78 is 1.05. The Bertz CT molecular complexity index is 1340. The molecule has 4 rings (SSSR count). The Balaban J connectivity index is 1.73. The molecule has 0 fully saturated rings. The zero-order valence-electron chi connectivity index (χ0n) is 18.5. The molecule has 8 heteroatoms. The summed E-state index contributed by atoms with van der Waals surface area (Å²) in [5.41, 5.74) is 5.31. The molecule has 1 amide bonds. The lowest BCUT2D eigenvalue weighted by Crippen LogP contribution is -2.23. The zero-order valence-corrected chi connectivity index (χ0v) is 20.2. The minimum absolute atomic E-state index is 0.000804. The maximum absolute atomic E-state index is 12.5. The molecular weight excluding hydrogens is 454 g/mol. The molecule has 2 aromatic heterocycles. The molecule has 0 saturated heterocycles. The lowest BCUT2D eigenvalue weighted by molar-refractivity contribution is -0.136. The van der Waals surface area contributed by atoms with Crippen LogP contribution in [-0.2, 0) is 9.59 Å². The third-order valence-electron chi connectivity index (χ3n) is 5.33. The number of fused-ring (bicyclic) bond motifs is 1. The monoisotopic (exact) mass is 477 g/mol. The molecule has 0 aliphatic carbocycles. The number of benzene rings is 2. The fraction of sp³-hybridized carbons (Fsp3) is 0.200. The number of para-hydroxylation sites is 1. The molecule has 0 atom stereocenters. The number of anilines is 2. The number of allylic oxidation sites excluding steroid dienone is 1. The van der Waals surface area contributed by atoms with Crippen LogP contribution >= 0.6 is 22.7 Å². The molecular formula is C25H23N3O3S2. The van der Waals surface area contributed by atoms with E-state index >= 15 is 0 Å². The summed E-state index contributed by atoms with van der Waals surface area (Å²) in [5, 5.41) is 12.5. The summed E-state index contributed by atoms with van der Waals surface area (Å²) in [7, 11) is 0. The first kappa shape index (κ1) is 22.8. The van der Waals surface area contributed by atoms with Crippen molar-refractivity contribution in [3.8, 4) is 0 Å². The van der Waals surface area contributed by atoms with Crippen molar-refractivity contribution in [1.82, 2.24) is 9.97 Å². The van der Waals surface area contributed by atoms with Crippen LogP contribution in [0.5, 0.6) is 0 Å². The van der Waals surface area contributed by atoms with E-state index in [1.165, 1.54) is 29.6 Å². The highest BCUT2D eigenvalue weighted by molar-refractivity contribution is 7.19. The van der Waals surface area contributed by atoms with E-state index in [-0.39, 0.29) is 12.3 Å². The number of aryl methyl sites for hydroxylation is 1. The molecule has 0 aliphatic heterocycles. The normalized spacial score (nSPS) is 11.7. The summed E-state index contributed by atoms with van der Waals surface area (Å²) in [6.07, 6.45) is 2.22. The Hall–Kier alpha value is -3.36. The second kappa shape index (κ2) is 9.64. The minimum Gasteiger partial charge on any atom is -0.481 e. The van der Waals surface area contributed by atoms with Gasteiger partial charge in [0.1, 0.15) is 5.01 Å². The summed E-state index contributed by atoms with van der Waals surface area (Å²) in [5.74, 6) is -0.982. The fourth-order valence-electron chi connectivity index (χ4n) is 3.50. The first-order valence-corrected chi connectivity index (χ1v) is 12.1. The molecule has 1 N–H and O–H groups in total. The van der Waals surface area contributed by atoms with E-state index in [0.29, 0.717) is 17.2 Å². The average Bonchev–Trinajstić information content (AvgIpc) is 3.41. The zero-order chi connectivity index (χ0) is 23.5. The van der Waals surface area contributed by atoms with Gasteiger partial charge in [0.15, 0.2) is 5.13 Å². The van der Waals surface area contributed by atoms with Gasteiger partial charge < -0.3 is 5.11 Å². The Kier molecular flexibility index (Phi) is 6.67. The summed E-state index contributed by atoms with van der Waals surface area (Å²) in [6, 6.07) is 13.7. The smallest absolute Gasteiger partial charge is 0.303 e.